The van der Waals surface area contributed by atoms with Gasteiger partial charge in [-0.1, -0.05) is 0 Å². The van der Waals surface area contributed by atoms with Crippen LogP contribution in [0.2, 0.25) is 0 Å². The van der Waals surface area contributed by atoms with Crippen LogP contribution in [0.5, 0.6) is 0 Å². The van der Waals surface area contributed by atoms with E-state index in [2.05, 4.69) is 15.6 Å². The molecule has 14 heavy (non-hydrogen) atoms. The molecule has 0 radical (unpaired) electrons. The third-order valence-electron chi connectivity index (χ3n) is 1.77. The Bertz CT molecular complexity index is 469. The fraction of sp³-hybridized carbons (Fsp3) is 0.250. The second-order valence-electron chi connectivity index (χ2n) is 2.88. The van der Waals surface area contributed by atoms with Gasteiger partial charge in [-0.2, -0.15) is 5.10 Å². The van der Waals surface area contributed by atoms with Gasteiger partial charge in [0.05, 0.1) is 6.54 Å². The van der Waals surface area contributed by atoms with E-state index in [4.69, 9.17) is 16.6 Å². The van der Waals surface area contributed by atoms with E-state index in [9.17, 15) is 0 Å². The van der Waals surface area contributed by atoms with Gasteiger partial charge in [-0.3, -0.25) is 5.10 Å². The van der Waals surface area contributed by atoms with Crippen molar-refractivity contribution in [2.45, 2.75) is 13.5 Å². The molecule has 6 heteroatoms. The predicted octanol–water partition coefficient (Wildman–Crippen LogP) is 1.59. The summed E-state index contributed by atoms with van der Waals surface area (Å²) in [6, 6.07) is 3.84. The van der Waals surface area contributed by atoms with Crippen LogP contribution in [0.4, 0.5) is 0 Å². The molecule has 2 aromatic heterocycles. The molecule has 2 N–H and O–H groups in total. The summed E-state index contributed by atoms with van der Waals surface area (Å²) in [5.74, 6) is 1.77. The number of nitrogens with zero attached hydrogens (tertiary/aromatic N) is 2. The van der Waals surface area contributed by atoms with Gasteiger partial charge in [-0.05, 0) is 31.3 Å². The first-order valence-corrected chi connectivity index (χ1v) is 4.58. The SMILES string of the molecule is Cc1ccc(CNn2cn[nH]c2=S)o1. The Kier molecular flexibility index (Phi) is 2.36. The molecule has 0 amide bonds. The molecule has 2 rings (SSSR count). The molecule has 0 aliphatic rings. The molecule has 2 aromatic rings. The fourth-order valence-electron chi connectivity index (χ4n) is 1.10. The quantitative estimate of drug-likeness (QED) is 0.755. The van der Waals surface area contributed by atoms with Gasteiger partial charge >= 0.3 is 0 Å². The van der Waals surface area contributed by atoms with Crippen LogP contribution in [0.15, 0.2) is 22.9 Å². The molecular formula is C8H10N4OS. The maximum absolute atomic E-state index is 5.38. The zero-order chi connectivity index (χ0) is 9.97. The molecule has 5 nitrogen and oxygen atoms in total. The maximum atomic E-state index is 5.38. The fourth-order valence-corrected chi connectivity index (χ4v) is 1.27. The molecule has 0 aromatic carbocycles. The third kappa shape index (κ3) is 1.85. The Balaban J connectivity index is 2.01. The highest BCUT2D eigenvalue weighted by Gasteiger charge is 1.98. The number of hydrogen-bond acceptors (Lipinski definition) is 4. The van der Waals surface area contributed by atoms with Gasteiger partial charge in [-0.15, -0.1) is 0 Å². The molecule has 2 heterocycles. The van der Waals surface area contributed by atoms with E-state index in [1.807, 2.05) is 19.1 Å². The monoisotopic (exact) mass is 210 g/mol. The van der Waals surface area contributed by atoms with Crippen molar-refractivity contribution < 1.29 is 4.42 Å². The van der Waals surface area contributed by atoms with Crippen molar-refractivity contribution in [1.29, 1.82) is 0 Å². The smallest absolute Gasteiger partial charge is 0.214 e. The largest absolute Gasteiger partial charge is 0.464 e. The van der Waals surface area contributed by atoms with Crippen LogP contribution in [-0.4, -0.2) is 14.9 Å². The van der Waals surface area contributed by atoms with Crippen molar-refractivity contribution in [2.24, 2.45) is 0 Å². The summed E-state index contributed by atoms with van der Waals surface area (Å²) >= 11 is 4.96. The van der Waals surface area contributed by atoms with Gasteiger partial charge in [0.1, 0.15) is 17.8 Å². The Labute approximate surface area is 85.7 Å². The van der Waals surface area contributed by atoms with Crippen LogP contribution >= 0.6 is 12.2 Å². The number of aromatic nitrogens is 3. The van der Waals surface area contributed by atoms with Gasteiger partial charge < -0.3 is 9.84 Å². The van der Waals surface area contributed by atoms with Gasteiger partial charge in [0.15, 0.2) is 0 Å². The predicted molar refractivity (Wildman–Crippen MR) is 53.9 cm³/mol. The maximum Gasteiger partial charge on any atom is 0.214 e. The summed E-state index contributed by atoms with van der Waals surface area (Å²) in [5.41, 5.74) is 3.05. The van der Waals surface area contributed by atoms with E-state index in [0.717, 1.165) is 11.5 Å². The molecular weight excluding hydrogens is 200 g/mol. The average Bonchev–Trinajstić information content (AvgIpc) is 2.72. The van der Waals surface area contributed by atoms with Crippen molar-refractivity contribution in [3.63, 3.8) is 0 Å². The number of aryl methyl sites for hydroxylation is 1. The number of nitrogens with one attached hydrogen (secondary N) is 2. The summed E-state index contributed by atoms with van der Waals surface area (Å²) in [5, 5.41) is 6.42. The van der Waals surface area contributed by atoms with Gasteiger partial charge in [0, 0.05) is 0 Å². The lowest BCUT2D eigenvalue weighted by Gasteiger charge is -2.02. The van der Waals surface area contributed by atoms with E-state index in [-0.39, 0.29) is 0 Å². The highest BCUT2D eigenvalue weighted by atomic mass is 32.1. The minimum atomic E-state index is 0.535. The number of hydrogen-bond donors (Lipinski definition) is 2. The third-order valence-corrected chi connectivity index (χ3v) is 2.06. The molecule has 0 aliphatic heterocycles. The summed E-state index contributed by atoms with van der Waals surface area (Å²) in [6.45, 7) is 2.49. The molecule has 0 bridgehead atoms. The second-order valence-corrected chi connectivity index (χ2v) is 3.27. The summed E-state index contributed by atoms with van der Waals surface area (Å²) in [6.07, 6.45) is 1.58. The molecule has 0 fully saturated rings. The van der Waals surface area contributed by atoms with Crippen LogP contribution in [0.25, 0.3) is 0 Å². The molecule has 0 atom stereocenters. The summed E-state index contributed by atoms with van der Waals surface area (Å²) in [4.78, 5) is 0. The van der Waals surface area contributed by atoms with E-state index in [1.54, 1.807) is 11.0 Å². The first kappa shape index (κ1) is 9.01. The van der Waals surface area contributed by atoms with Gasteiger partial charge in [0.2, 0.25) is 4.77 Å². The Morgan fingerprint density at radius 3 is 3.07 bits per heavy atom. The van der Waals surface area contributed by atoms with E-state index in [0.29, 0.717) is 11.3 Å². The summed E-state index contributed by atoms with van der Waals surface area (Å²) in [7, 11) is 0. The first-order valence-electron chi connectivity index (χ1n) is 4.17. The van der Waals surface area contributed by atoms with Gasteiger partial charge in [-0.25, -0.2) is 4.68 Å². The lowest BCUT2D eigenvalue weighted by molar-refractivity contribution is 0.484. The van der Waals surface area contributed by atoms with E-state index in [1.165, 1.54) is 0 Å². The standard InChI is InChI=1S/C8H10N4OS/c1-6-2-3-7(13-6)4-10-12-5-9-11-8(12)14/h2-3,5,10H,4H2,1H3,(H,11,14). The average molecular weight is 210 g/mol. The second kappa shape index (κ2) is 3.67. The molecule has 0 unspecified atom stereocenters. The molecule has 0 spiro atoms. The van der Waals surface area contributed by atoms with Crippen LogP contribution in [0.1, 0.15) is 11.5 Å². The lowest BCUT2D eigenvalue weighted by atomic mass is 10.4. The molecule has 74 valence electrons. The van der Waals surface area contributed by atoms with E-state index < -0.39 is 0 Å². The number of aromatic amines is 1. The number of rotatable bonds is 3. The molecule has 0 saturated heterocycles. The number of furan rings is 1. The molecule has 0 aliphatic carbocycles. The topological polar surface area (TPSA) is 58.8 Å². The van der Waals surface area contributed by atoms with Crippen molar-refractivity contribution in [3.05, 3.63) is 34.8 Å². The minimum absolute atomic E-state index is 0.535. The highest BCUT2D eigenvalue weighted by molar-refractivity contribution is 7.71. The Hall–Kier alpha value is -1.56. The first-order chi connectivity index (χ1) is 6.75. The number of H-pyrrole nitrogens is 1. The zero-order valence-corrected chi connectivity index (χ0v) is 8.47. The van der Waals surface area contributed by atoms with Crippen molar-refractivity contribution >= 4 is 12.2 Å². The van der Waals surface area contributed by atoms with Crippen molar-refractivity contribution in [1.82, 2.24) is 14.9 Å². The van der Waals surface area contributed by atoms with Crippen LogP contribution < -0.4 is 5.43 Å². The normalized spacial score (nSPS) is 10.4. The summed E-state index contributed by atoms with van der Waals surface area (Å²) < 4.78 is 7.55. The van der Waals surface area contributed by atoms with Gasteiger partial charge in [0.25, 0.3) is 0 Å². The van der Waals surface area contributed by atoms with Crippen LogP contribution in [0, 0.1) is 11.7 Å². The zero-order valence-electron chi connectivity index (χ0n) is 7.65. The van der Waals surface area contributed by atoms with Crippen LogP contribution in [-0.2, 0) is 6.54 Å². The molecule has 0 saturated carbocycles. The Morgan fingerprint density at radius 1 is 1.64 bits per heavy atom. The van der Waals surface area contributed by atoms with Crippen molar-refractivity contribution in [2.75, 3.05) is 5.43 Å². The highest BCUT2D eigenvalue weighted by Crippen LogP contribution is 2.05. The minimum Gasteiger partial charge on any atom is -0.464 e. The van der Waals surface area contributed by atoms with Crippen molar-refractivity contribution in [3.8, 4) is 0 Å². The lowest BCUT2D eigenvalue weighted by Crippen LogP contribution is -2.12. The van der Waals surface area contributed by atoms with Crippen LogP contribution in [0.3, 0.4) is 0 Å². The van der Waals surface area contributed by atoms with E-state index >= 15 is 0 Å². The Morgan fingerprint density at radius 2 is 2.50 bits per heavy atom.